The number of aromatic nitrogens is 1. The van der Waals surface area contributed by atoms with E-state index in [9.17, 15) is 9.59 Å². The average Bonchev–Trinajstić information content (AvgIpc) is 3.21. The molecule has 8 nitrogen and oxygen atoms in total. The van der Waals surface area contributed by atoms with Crippen molar-refractivity contribution in [2.24, 2.45) is 0 Å². The molecule has 0 unspecified atom stereocenters. The van der Waals surface area contributed by atoms with E-state index in [-0.39, 0.29) is 31.7 Å². The molecule has 0 saturated carbocycles. The smallest absolute Gasteiger partial charge is 0.254 e. The molecule has 0 spiro atoms. The zero-order valence-corrected chi connectivity index (χ0v) is 13.7. The second-order valence-corrected chi connectivity index (χ2v) is 5.41. The molecule has 25 heavy (non-hydrogen) atoms. The molecule has 0 aliphatic carbocycles. The largest absolute Gasteiger partial charge is 0.454 e. The van der Waals surface area contributed by atoms with Crippen LogP contribution in [0, 0.1) is 6.92 Å². The van der Waals surface area contributed by atoms with Crippen LogP contribution in [0.25, 0.3) is 0 Å². The van der Waals surface area contributed by atoms with Crippen LogP contribution in [-0.2, 0) is 4.79 Å². The number of fused-ring (bicyclic) bond motifs is 1. The maximum atomic E-state index is 12.7. The summed E-state index contributed by atoms with van der Waals surface area (Å²) in [6.45, 7) is 5.55. The van der Waals surface area contributed by atoms with Gasteiger partial charge >= 0.3 is 0 Å². The van der Waals surface area contributed by atoms with Gasteiger partial charge in [0.2, 0.25) is 12.7 Å². The molecule has 3 rings (SSSR count). The van der Waals surface area contributed by atoms with E-state index in [0.717, 1.165) is 0 Å². The van der Waals surface area contributed by atoms with Crippen LogP contribution in [0.15, 0.2) is 41.4 Å². The number of hydrogen-bond donors (Lipinski definition) is 1. The van der Waals surface area contributed by atoms with Gasteiger partial charge in [-0.3, -0.25) is 9.59 Å². The number of aryl methyl sites for hydroxylation is 1. The van der Waals surface area contributed by atoms with E-state index in [1.807, 2.05) is 0 Å². The van der Waals surface area contributed by atoms with Crippen molar-refractivity contribution in [3.63, 3.8) is 0 Å². The van der Waals surface area contributed by atoms with Crippen LogP contribution in [0.3, 0.4) is 0 Å². The third kappa shape index (κ3) is 3.79. The van der Waals surface area contributed by atoms with Gasteiger partial charge in [-0.2, -0.15) is 0 Å². The van der Waals surface area contributed by atoms with Crippen LogP contribution in [0.5, 0.6) is 11.5 Å². The Hall–Kier alpha value is -3.29. The quantitative estimate of drug-likeness (QED) is 0.806. The minimum atomic E-state index is -0.385. The van der Waals surface area contributed by atoms with E-state index >= 15 is 0 Å². The van der Waals surface area contributed by atoms with Crippen molar-refractivity contribution in [1.29, 1.82) is 0 Å². The first-order valence-corrected chi connectivity index (χ1v) is 7.60. The Bertz CT molecular complexity index is 814. The molecule has 0 saturated heterocycles. The van der Waals surface area contributed by atoms with Gasteiger partial charge in [-0.1, -0.05) is 11.2 Å². The van der Waals surface area contributed by atoms with Gasteiger partial charge in [-0.05, 0) is 25.1 Å². The number of anilines is 1. The molecule has 1 aliphatic heterocycles. The van der Waals surface area contributed by atoms with Crippen LogP contribution in [-0.4, -0.2) is 41.8 Å². The minimum Gasteiger partial charge on any atom is -0.454 e. The fourth-order valence-electron chi connectivity index (χ4n) is 2.37. The molecule has 2 heterocycles. The molecular formula is C17H17N3O5. The molecule has 8 heteroatoms. The van der Waals surface area contributed by atoms with E-state index in [1.165, 1.54) is 4.90 Å². The van der Waals surface area contributed by atoms with Crippen molar-refractivity contribution in [2.45, 2.75) is 6.92 Å². The fourth-order valence-corrected chi connectivity index (χ4v) is 2.37. The van der Waals surface area contributed by atoms with Gasteiger partial charge in [0.15, 0.2) is 17.3 Å². The lowest BCUT2D eigenvalue weighted by Crippen LogP contribution is -2.38. The van der Waals surface area contributed by atoms with Gasteiger partial charge in [-0.15, -0.1) is 6.58 Å². The predicted molar refractivity (Wildman–Crippen MR) is 88.5 cm³/mol. The summed E-state index contributed by atoms with van der Waals surface area (Å²) in [5.74, 6) is 1.28. The zero-order valence-electron chi connectivity index (χ0n) is 13.7. The number of hydrogen-bond acceptors (Lipinski definition) is 6. The highest BCUT2D eigenvalue weighted by molar-refractivity contribution is 5.99. The lowest BCUT2D eigenvalue weighted by molar-refractivity contribution is -0.116. The van der Waals surface area contributed by atoms with Crippen molar-refractivity contribution in [3.05, 3.63) is 48.2 Å². The van der Waals surface area contributed by atoms with Crippen molar-refractivity contribution in [3.8, 4) is 11.5 Å². The molecule has 0 bridgehead atoms. The first-order valence-electron chi connectivity index (χ1n) is 7.60. The number of benzene rings is 1. The summed E-state index contributed by atoms with van der Waals surface area (Å²) in [4.78, 5) is 26.2. The van der Waals surface area contributed by atoms with Gasteiger partial charge in [-0.25, -0.2) is 0 Å². The lowest BCUT2D eigenvalue weighted by atomic mass is 10.1. The molecule has 0 atom stereocenters. The first-order chi connectivity index (χ1) is 12.1. The molecule has 1 aromatic heterocycles. The molecule has 130 valence electrons. The summed E-state index contributed by atoms with van der Waals surface area (Å²) >= 11 is 0. The monoisotopic (exact) mass is 343 g/mol. The van der Waals surface area contributed by atoms with Gasteiger partial charge in [0.1, 0.15) is 12.3 Å². The number of rotatable bonds is 6. The Kier molecular flexibility index (Phi) is 4.69. The lowest BCUT2D eigenvalue weighted by Gasteiger charge is -2.20. The average molecular weight is 343 g/mol. The minimum absolute atomic E-state index is 0.128. The summed E-state index contributed by atoms with van der Waals surface area (Å²) in [6, 6.07) is 6.49. The first kappa shape index (κ1) is 16.6. The van der Waals surface area contributed by atoms with Crippen molar-refractivity contribution >= 4 is 17.6 Å². The second kappa shape index (κ2) is 7.08. The van der Waals surface area contributed by atoms with E-state index in [4.69, 9.17) is 14.0 Å². The van der Waals surface area contributed by atoms with Gasteiger partial charge in [0.05, 0.1) is 0 Å². The van der Waals surface area contributed by atoms with Gasteiger partial charge in [0, 0.05) is 18.2 Å². The van der Waals surface area contributed by atoms with Crippen LogP contribution < -0.4 is 14.8 Å². The zero-order chi connectivity index (χ0) is 17.8. The standard InChI is InChI=1S/C17H17N3O5/c1-3-6-20(9-16(21)18-15-7-11(2)25-19-15)17(22)12-4-5-13-14(8-12)24-10-23-13/h3-5,7-8H,1,6,9-10H2,2H3,(H,18,19,21). The van der Waals surface area contributed by atoms with Crippen LogP contribution in [0.4, 0.5) is 5.82 Å². The SMILES string of the molecule is C=CCN(CC(=O)Nc1cc(C)on1)C(=O)c1ccc2c(c1)OCO2. The third-order valence-corrected chi connectivity index (χ3v) is 3.49. The van der Waals surface area contributed by atoms with Crippen LogP contribution in [0.2, 0.25) is 0 Å². The Morgan fingerprint density at radius 2 is 2.12 bits per heavy atom. The Morgan fingerprint density at radius 1 is 1.32 bits per heavy atom. The number of ether oxygens (including phenoxy) is 2. The summed E-state index contributed by atoms with van der Waals surface area (Å²) in [5.41, 5.74) is 0.399. The molecular weight excluding hydrogens is 326 g/mol. The van der Waals surface area contributed by atoms with E-state index in [2.05, 4.69) is 17.1 Å². The highest BCUT2D eigenvalue weighted by Crippen LogP contribution is 2.32. The summed E-state index contributed by atoms with van der Waals surface area (Å²) in [6.07, 6.45) is 1.55. The van der Waals surface area contributed by atoms with Crippen LogP contribution in [0.1, 0.15) is 16.1 Å². The topological polar surface area (TPSA) is 93.9 Å². The van der Waals surface area contributed by atoms with E-state index in [0.29, 0.717) is 28.6 Å². The normalized spacial score (nSPS) is 11.9. The van der Waals surface area contributed by atoms with Crippen molar-refractivity contribution in [1.82, 2.24) is 10.1 Å². The number of nitrogens with one attached hydrogen (secondary N) is 1. The Labute approximate surface area is 144 Å². The second-order valence-electron chi connectivity index (χ2n) is 5.41. The summed E-state index contributed by atoms with van der Waals surface area (Å²) < 4.78 is 15.4. The predicted octanol–water partition coefficient (Wildman–Crippen LogP) is 1.98. The van der Waals surface area contributed by atoms with Gasteiger partial charge in [0.25, 0.3) is 5.91 Å². The maximum absolute atomic E-state index is 12.7. The van der Waals surface area contributed by atoms with E-state index < -0.39 is 0 Å². The molecule has 1 aromatic carbocycles. The van der Waals surface area contributed by atoms with Gasteiger partial charge < -0.3 is 24.2 Å². The van der Waals surface area contributed by atoms with Crippen molar-refractivity contribution in [2.75, 3.05) is 25.2 Å². The summed E-state index contributed by atoms with van der Waals surface area (Å²) in [5, 5.41) is 6.27. The summed E-state index contributed by atoms with van der Waals surface area (Å²) in [7, 11) is 0. The molecule has 1 N–H and O–H groups in total. The number of carbonyl (C=O) groups excluding carboxylic acids is 2. The van der Waals surface area contributed by atoms with Crippen molar-refractivity contribution < 1.29 is 23.6 Å². The number of amides is 2. The highest BCUT2D eigenvalue weighted by Gasteiger charge is 2.21. The third-order valence-electron chi connectivity index (χ3n) is 3.49. The fraction of sp³-hybridized carbons (Fsp3) is 0.235. The van der Waals surface area contributed by atoms with E-state index in [1.54, 1.807) is 37.3 Å². The number of carbonyl (C=O) groups is 2. The Morgan fingerprint density at radius 3 is 2.84 bits per heavy atom. The highest BCUT2D eigenvalue weighted by atomic mass is 16.7. The molecule has 1 aliphatic rings. The maximum Gasteiger partial charge on any atom is 0.254 e. The Balaban J connectivity index is 1.70. The molecule has 0 fully saturated rings. The molecule has 2 amide bonds. The van der Waals surface area contributed by atoms with Crippen LogP contribution >= 0.6 is 0 Å². The number of nitrogens with zero attached hydrogens (tertiary/aromatic N) is 2. The molecule has 0 radical (unpaired) electrons. The molecule has 2 aromatic rings.